The molecule has 0 saturated heterocycles. The molecule has 10 heteroatoms. The van der Waals surface area contributed by atoms with E-state index in [2.05, 4.69) is 9.72 Å². The molecule has 0 radical (unpaired) electrons. The number of thiazole rings is 1. The second kappa shape index (κ2) is 11.5. The van der Waals surface area contributed by atoms with Gasteiger partial charge in [-0.05, 0) is 54.7 Å². The third kappa shape index (κ3) is 6.27. The molecular formula is C29H27F3N2O4S. The van der Waals surface area contributed by atoms with Gasteiger partial charge in [0.1, 0.15) is 5.75 Å². The fraction of sp³-hybridized carbons (Fsp3) is 0.310. The van der Waals surface area contributed by atoms with Crippen molar-refractivity contribution in [3.05, 3.63) is 75.7 Å². The number of methoxy groups -OCH3 is 1. The number of fused-ring (bicyclic) bond motifs is 1. The highest BCUT2D eigenvalue weighted by molar-refractivity contribution is 7.15. The molecule has 1 saturated carbocycles. The minimum Gasteiger partial charge on any atom is -0.493 e. The van der Waals surface area contributed by atoms with Crippen molar-refractivity contribution in [1.82, 2.24) is 9.38 Å². The topological polar surface area (TPSA) is 62.1 Å². The van der Waals surface area contributed by atoms with Gasteiger partial charge in [-0.25, -0.2) is 4.98 Å². The molecule has 2 aromatic carbocycles. The van der Waals surface area contributed by atoms with Crippen molar-refractivity contribution in [2.45, 2.75) is 38.5 Å². The van der Waals surface area contributed by atoms with Crippen LogP contribution in [-0.2, 0) is 0 Å². The quantitative estimate of drug-likeness (QED) is 0.225. The van der Waals surface area contributed by atoms with E-state index in [1.807, 2.05) is 24.3 Å². The predicted octanol–water partition coefficient (Wildman–Crippen LogP) is 7.46. The fourth-order valence-electron chi connectivity index (χ4n) is 4.81. The van der Waals surface area contributed by atoms with Crippen LogP contribution >= 0.6 is 11.3 Å². The first kappa shape index (κ1) is 26.8. The summed E-state index contributed by atoms with van der Waals surface area (Å²) in [6.07, 6.45) is 6.33. The van der Waals surface area contributed by atoms with Gasteiger partial charge in [0.05, 0.1) is 25.0 Å². The average Bonchev–Trinajstić information content (AvgIpc) is 3.40. The number of benzene rings is 2. The van der Waals surface area contributed by atoms with Crippen LogP contribution in [0.1, 0.15) is 43.4 Å². The standard InChI is InChI=1S/C29H27F3N2O4S/c1-36-24-9-5-8-21(26(24)37-18-19-6-3-2-4-7-19)12-15-23-25(27(35)34-16-17-39-28(34)33-23)20-10-13-22(14-11-20)38-29(30,31)32/h5,8-17,19H,2-4,6-7,18H2,1H3/b15-12+. The third-order valence-corrected chi connectivity index (χ3v) is 7.47. The predicted molar refractivity (Wildman–Crippen MR) is 145 cm³/mol. The summed E-state index contributed by atoms with van der Waals surface area (Å²) < 4.78 is 55.1. The first-order valence-corrected chi connectivity index (χ1v) is 13.5. The molecule has 0 unspecified atom stereocenters. The van der Waals surface area contributed by atoms with E-state index in [1.54, 1.807) is 24.8 Å². The van der Waals surface area contributed by atoms with Crippen LogP contribution in [0.15, 0.2) is 58.8 Å². The summed E-state index contributed by atoms with van der Waals surface area (Å²) in [5.74, 6) is 1.35. The number of hydrogen-bond donors (Lipinski definition) is 0. The normalized spacial score (nSPS) is 14.7. The number of rotatable bonds is 8. The van der Waals surface area contributed by atoms with Gasteiger partial charge in [-0.3, -0.25) is 9.20 Å². The molecule has 1 aliphatic carbocycles. The van der Waals surface area contributed by atoms with Gasteiger partial charge in [-0.15, -0.1) is 24.5 Å². The van der Waals surface area contributed by atoms with E-state index in [9.17, 15) is 18.0 Å². The van der Waals surface area contributed by atoms with Crippen LogP contribution in [0.25, 0.3) is 28.2 Å². The van der Waals surface area contributed by atoms with Crippen molar-refractivity contribution in [3.63, 3.8) is 0 Å². The molecule has 0 aliphatic heterocycles. The van der Waals surface area contributed by atoms with Gasteiger partial charge in [0.25, 0.3) is 5.56 Å². The molecule has 6 nitrogen and oxygen atoms in total. The maximum atomic E-state index is 13.4. The molecule has 0 amide bonds. The van der Waals surface area contributed by atoms with Crippen LogP contribution in [0.2, 0.25) is 0 Å². The number of halogens is 3. The molecule has 0 bridgehead atoms. The Balaban J connectivity index is 1.51. The lowest BCUT2D eigenvalue weighted by molar-refractivity contribution is -0.274. The van der Waals surface area contributed by atoms with E-state index < -0.39 is 6.36 Å². The van der Waals surface area contributed by atoms with E-state index >= 15 is 0 Å². The van der Waals surface area contributed by atoms with Gasteiger partial charge >= 0.3 is 6.36 Å². The second-order valence-corrected chi connectivity index (χ2v) is 10.2. The average molecular weight is 557 g/mol. The lowest BCUT2D eigenvalue weighted by Gasteiger charge is -2.23. The molecule has 4 aromatic rings. The molecule has 1 aliphatic rings. The van der Waals surface area contributed by atoms with Gasteiger partial charge in [0.15, 0.2) is 16.5 Å². The highest BCUT2D eigenvalue weighted by Gasteiger charge is 2.31. The molecule has 0 spiro atoms. The summed E-state index contributed by atoms with van der Waals surface area (Å²) in [6, 6.07) is 10.8. The zero-order valence-electron chi connectivity index (χ0n) is 21.2. The highest BCUT2D eigenvalue weighted by atomic mass is 32.1. The van der Waals surface area contributed by atoms with Gasteiger partial charge < -0.3 is 14.2 Å². The Kier molecular flexibility index (Phi) is 7.92. The molecule has 1 fully saturated rings. The zero-order chi connectivity index (χ0) is 27.4. The molecule has 2 heterocycles. The largest absolute Gasteiger partial charge is 0.573 e. The van der Waals surface area contributed by atoms with Crippen molar-refractivity contribution >= 4 is 28.4 Å². The van der Waals surface area contributed by atoms with E-state index in [0.29, 0.717) is 40.2 Å². The van der Waals surface area contributed by atoms with Crippen LogP contribution in [-0.4, -0.2) is 29.5 Å². The van der Waals surface area contributed by atoms with Gasteiger partial charge in [-0.1, -0.05) is 43.5 Å². The molecular weight excluding hydrogens is 529 g/mol. The Morgan fingerprint density at radius 3 is 2.56 bits per heavy atom. The Morgan fingerprint density at radius 1 is 1.08 bits per heavy atom. The molecule has 0 atom stereocenters. The second-order valence-electron chi connectivity index (χ2n) is 9.33. The van der Waals surface area contributed by atoms with Gasteiger partial charge in [-0.2, -0.15) is 0 Å². The van der Waals surface area contributed by atoms with Crippen LogP contribution in [0.5, 0.6) is 17.2 Å². The molecule has 204 valence electrons. The Hall–Kier alpha value is -3.79. The van der Waals surface area contributed by atoms with E-state index in [0.717, 1.165) is 18.4 Å². The van der Waals surface area contributed by atoms with Crippen molar-refractivity contribution in [2.75, 3.05) is 13.7 Å². The minimum absolute atomic E-state index is 0.258. The summed E-state index contributed by atoms with van der Waals surface area (Å²) >= 11 is 1.31. The summed E-state index contributed by atoms with van der Waals surface area (Å²) in [5.41, 5.74) is 1.49. The number of aromatic nitrogens is 2. The lowest BCUT2D eigenvalue weighted by Crippen LogP contribution is -2.18. The van der Waals surface area contributed by atoms with E-state index in [4.69, 9.17) is 9.47 Å². The number of nitrogens with zero attached hydrogens (tertiary/aromatic N) is 2. The summed E-state index contributed by atoms with van der Waals surface area (Å²) in [5, 5.41) is 1.75. The highest BCUT2D eigenvalue weighted by Crippen LogP contribution is 2.35. The Bertz CT molecular complexity index is 1520. The fourth-order valence-corrected chi connectivity index (χ4v) is 5.53. The summed E-state index contributed by atoms with van der Waals surface area (Å²) in [6.45, 7) is 0.597. The first-order valence-electron chi connectivity index (χ1n) is 12.7. The number of hydrogen-bond acceptors (Lipinski definition) is 6. The molecule has 2 aromatic heterocycles. The van der Waals surface area contributed by atoms with Crippen molar-refractivity contribution in [1.29, 1.82) is 0 Å². The number of alkyl halides is 3. The minimum atomic E-state index is -4.81. The van der Waals surface area contributed by atoms with Crippen LogP contribution < -0.4 is 19.8 Å². The first-order chi connectivity index (χ1) is 18.8. The van der Waals surface area contributed by atoms with E-state index in [-0.39, 0.29) is 16.9 Å². The number of para-hydroxylation sites is 1. The molecule has 5 rings (SSSR count). The maximum absolute atomic E-state index is 13.4. The number of ether oxygens (including phenoxy) is 3. The lowest BCUT2D eigenvalue weighted by atomic mass is 9.90. The SMILES string of the molecule is COc1cccc(/C=C/c2nc3sccn3c(=O)c2-c2ccc(OC(F)(F)F)cc2)c1OCC1CCCCC1. The van der Waals surface area contributed by atoms with Gasteiger partial charge in [0.2, 0.25) is 0 Å². The maximum Gasteiger partial charge on any atom is 0.573 e. The summed E-state index contributed by atoms with van der Waals surface area (Å²) in [4.78, 5) is 18.6. The Labute approximate surface area is 227 Å². The van der Waals surface area contributed by atoms with Crippen LogP contribution in [0, 0.1) is 5.92 Å². The van der Waals surface area contributed by atoms with Crippen molar-refractivity contribution < 1.29 is 27.4 Å². The molecule has 0 N–H and O–H groups in total. The van der Waals surface area contributed by atoms with Gasteiger partial charge in [0, 0.05) is 17.1 Å². The smallest absolute Gasteiger partial charge is 0.493 e. The zero-order valence-corrected chi connectivity index (χ0v) is 22.1. The Morgan fingerprint density at radius 2 is 1.85 bits per heavy atom. The molecule has 39 heavy (non-hydrogen) atoms. The monoisotopic (exact) mass is 556 g/mol. The van der Waals surface area contributed by atoms with Crippen molar-refractivity contribution in [3.8, 4) is 28.4 Å². The van der Waals surface area contributed by atoms with E-state index in [1.165, 1.54) is 59.3 Å². The van der Waals surface area contributed by atoms with Crippen LogP contribution in [0.4, 0.5) is 13.2 Å². The van der Waals surface area contributed by atoms with Crippen LogP contribution in [0.3, 0.4) is 0 Å². The van der Waals surface area contributed by atoms with Crippen molar-refractivity contribution in [2.24, 2.45) is 5.92 Å². The summed E-state index contributed by atoms with van der Waals surface area (Å²) in [7, 11) is 1.59. The third-order valence-electron chi connectivity index (χ3n) is 6.71.